The number of carbonyl (C=O) groups excluding carboxylic acids is 1. The van der Waals surface area contributed by atoms with E-state index in [0.717, 1.165) is 51.3 Å². The molecule has 0 radical (unpaired) electrons. The summed E-state index contributed by atoms with van der Waals surface area (Å²) in [5.41, 5.74) is 1.30. The summed E-state index contributed by atoms with van der Waals surface area (Å²) in [5.74, 6) is 1.11. The van der Waals surface area contributed by atoms with Crippen LogP contribution in [-0.4, -0.2) is 40.4 Å². The minimum atomic E-state index is 0.0572. The van der Waals surface area contributed by atoms with Crippen LogP contribution in [0.25, 0.3) is 0 Å². The van der Waals surface area contributed by atoms with Crippen LogP contribution in [0.4, 0.5) is 5.95 Å². The molecule has 4 heterocycles. The van der Waals surface area contributed by atoms with E-state index in [9.17, 15) is 4.79 Å². The Morgan fingerprint density at radius 1 is 1.17 bits per heavy atom. The highest BCUT2D eigenvalue weighted by molar-refractivity contribution is 7.07. The maximum Gasteiger partial charge on any atom is 0.227 e. The van der Waals surface area contributed by atoms with Crippen LogP contribution in [0, 0.1) is 5.92 Å². The van der Waals surface area contributed by atoms with Gasteiger partial charge in [0.15, 0.2) is 0 Å². The van der Waals surface area contributed by atoms with Gasteiger partial charge >= 0.3 is 0 Å². The Kier molecular flexibility index (Phi) is 4.47. The maximum atomic E-state index is 13.1. The summed E-state index contributed by atoms with van der Waals surface area (Å²) in [5, 5.41) is 4.28. The number of hydrogen-bond acceptors (Lipinski definition) is 5. The molecule has 0 N–H and O–H groups in total. The zero-order valence-corrected chi connectivity index (χ0v) is 14.5. The highest BCUT2D eigenvalue weighted by Gasteiger charge is 2.36. The number of aromatic nitrogens is 2. The van der Waals surface area contributed by atoms with E-state index in [-0.39, 0.29) is 12.0 Å². The van der Waals surface area contributed by atoms with E-state index in [1.54, 1.807) is 23.7 Å². The second kappa shape index (κ2) is 6.89. The molecule has 4 rings (SSSR count). The van der Waals surface area contributed by atoms with Gasteiger partial charge in [0.25, 0.3) is 0 Å². The Balaban J connectivity index is 1.47. The molecular weight excluding hydrogens is 320 g/mol. The molecule has 2 saturated heterocycles. The third-order valence-corrected chi connectivity index (χ3v) is 5.77. The van der Waals surface area contributed by atoms with Crippen molar-refractivity contribution in [2.24, 2.45) is 5.92 Å². The molecule has 0 unspecified atom stereocenters. The summed E-state index contributed by atoms with van der Waals surface area (Å²) >= 11 is 1.71. The average Bonchev–Trinajstić information content (AvgIpc) is 3.33. The third-order valence-electron chi connectivity index (χ3n) is 5.07. The monoisotopic (exact) mass is 342 g/mol. The lowest BCUT2D eigenvalue weighted by atomic mass is 9.96. The van der Waals surface area contributed by atoms with Crippen molar-refractivity contribution in [2.45, 2.75) is 31.7 Å². The van der Waals surface area contributed by atoms with Crippen LogP contribution >= 0.6 is 11.3 Å². The predicted octanol–water partition coefficient (Wildman–Crippen LogP) is 3.12. The van der Waals surface area contributed by atoms with Crippen LogP contribution in [0.3, 0.4) is 0 Å². The van der Waals surface area contributed by atoms with Gasteiger partial charge in [0.2, 0.25) is 11.9 Å². The number of hydrogen-bond donors (Lipinski definition) is 0. The van der Waals surface area contributed by atoms with E-state index in [0.29, 0.717) is 5.91 Å². The lowest BCUT2D eigenvalue weighted by Gasteiger charge is -2.35. The van der Waals surface area contributed by atoms with Crippen LogP contribution in [0.1, 0.15) is 37.3 Å². The number of thiophene rings is 1. The van der Waals surface area contributed by atoms with Crippen LogP contribution < -0.4 is 4.90 Å². The van der Waals surface area contributed by atoms with Gasteiger partial charge in [0, 0.05) is 32.0 Å². The van der Waals surface area contributed by atoms with E-state index < -0.39 is 0 Å². The second-order valence-corrected chi connectivity index (χ2v) is 7.36. The molecule has 0 aromatic carbocycles. The van der Waals surface area contributed by atoms with E-state index in [4.69, 9.17) is 0 Å². The fourth-order valence-electron chi connectivity index (χ4n) is 3.89. The molecule has 2 fully saturated rings. The number of nitrogens with zero attached hydrogens (tertiary/aromatic N) is 4. The molecule has 126 valence electrons. The summed E-state index contributed by atoms with van der Waals surface area (Å²) in [6, 6.07) is 4.25. The number of rotatable bonds is 3. The Labute approximate surface area is 146 Å². The molecular formula is C18H22N4OS. The lowest BCUT2D eigenvalue weighted by Crippen LogP contribution is -2.45. The van der Waals surface area contributed by atoms with Gasteiger partial charge in [0.1, 0.15) is 0 Å². The van der Waals surface area contributed by atoms with Gasteiger partial charge in [-0.1, -0.05) is 0 Å². The minimum absolute atomic E-state index is 0.0572. The van der Waals surface area contributed by atoms with Gasteiger partial charge < -0.3 is 9.80 Å². The molecule has 2 aromatic heterocycles. The fourth-order valence-corrected chi connectivity index (χ4v) is 4.60. The molecule has 0 bridgehead atoms. The van der Waals surface area contributed by atoms with Gasteiger partial charge in [-0.15, -0.1) is 0 Å². The number of anilines is 1. The zero-order chi connectivity index (χ0) is 16.4. The number of amides is 1. The van der Waals surface area contributed by atoms with Crippen molar-refractivity contribution in [3.8, 4) is 0 Å². The van der Waals surface area contributed by atoms with Gasteiger partial charge in [-0.2, -0.15) is 11.3 Å². The first-order valence-corrected chi connectivity index (χ1v) is 9.62. The van der Waals surface area contributed by atoms with E-state index in [2.05, 4.69) is 36.6 Å². The van der Waals surface area contributed by atoms with Crippen molar-refractivity contribution in [1.82, 2.24) is 14.9 Å². The minimum Gasteiger partial charge on any atom is -0.340 e. The van der Waals surface area contributed by atoms with Crippen molar-refractivity contribution in [3.63, 3.8) is 0 Å². The SMILES string of the molecule is O=C([C@@H]1CCCN(c2ncccn2)C1)N1CCC[C@H]1c1ccsc1. The van der Waals surface area contributed by atoms with Crippen molar-refractivity contribution < 1.29 is 4.79 Å². The Bertz CT molecular complexity index is 676. The predicted molar refractivity (Wildman–Crippen MR) is 95.0 cm³/mol. The lowest BCUT2D eigenvalue weighted by molar-refractivity contribution is -0.136. The Morgan fingerprint density at radius 3 is 2.79 bits per heavy atom. The largest absolute Gasteiger partial charge is 0.340 e. The standard InChI is InChI=1S/C18H22N4OS/c23-17(22-10-2-5-16(22)15-6-11-24-13-15)14-4-1-9-21(12-14)18-19-7-3-8-20-18/h3,6-8,11,13-14,16H,1-2,4-5,9-10,12H2/t14-,16+/m1/s1. The first-order chi connectivity index (χ1) is 11.8. The molecule has 24 heavy (non-hydrogen) atoms. The molecule has 0 aliphatic carbocycles. The highest BCUT2D eigenvalue weighted by Crippen LogP contribution is 2.35. The molecule has 0 spiro atoms. The van der Waals surface area contributed by atoms with Gasteiger partial charge in [-0.05, 0) is 54.1 Å². The third kappa shape index (κ3) is 3.02. The summed E-state index contributed by atoms with van der Waals surface area (Å²) in [7, 11) is 0. The number of likely N-dealkylation sites (tertiary alicyclic amines) is 1. The van der Waals surface area contributed by atoms with E-state index in [1.165, 1.54) is 5.56 Å². The Morgan fingerprint density at radius 2 is 2.00 bits per heavy atom. The van der Waals surface area contributed by atoms with Gasteiger partial charge in [0.05, 0.1) is 12.0 Å². The molecule has 1 amide bonds. The Hall–Kier alpha value is -1.95. The van der Waals surface area contributed by atoms with Crippen molar-refractivity contribution in [3.05, 3.63) is 40.8 Å². The molecule has 2 atom stereocenters. The summed E-state index contributed by atoms with van der Waals surface area (Å²) in [4.78, 5) is 26.1. The van der Waals surface area contributed by atoms with Crippen molar-refractivity contribution in [2.75, 3.05) is 24.5 Å². The maximum absolute atomic E-state index is 13.1. The first-order valence-electron chi connectivity index (χ1n) is 8.67. The topological polar surface area (TPSA) is 49.3 Å². The summed E-state index contributed by atoms with van der Waals surface area (Å²) in [6.45, 7) is 2.55. The number of piperidine rings is 1. The average molecular weight is 342 g/mol. The van der Waals surface area contributed by atoms with E-state index in [1.807, 2.05) is 6.07 Å². The van der Waals surface area contributed by atoms with Crippen LogP contribution in [-0.2, 0) is 4.79 Å². The van der Waals surface area contributed by atoms with Crippen molar-refractivity contribution in [1.29, 1.82) is 0 Å². The molecule has 2 aromatic rings. The summed E-state index contributed by atoms with van der Waals surface area (Å²) in [6.07, 6.45) is 7.70. The number of carbonyl (C=O) groups is 1. The normalized spacial score (nSPS) is 24.3. The molecule has 5 nitrogen and oxygen atoms in total. The van der Waals surface area contributed by atoms with Crippen LogP contribution in [0.5, 0.6) is 0 Å². The molecule has 0 saturated carbocycles. The smallest absolute Gasteiger partial charge is 0.227 e. The second-order valence-electron chi connectivity index (χ2n) is 6.58. The van der Waals surface area contributed by atoms with Crippen LogP contribution in [0.2, 0.25) is 0 Å². The van der Waals surface area contributed by atoms with Crippen molar-refractivity contribution >= 4 is 23.2 Å². The van der Waals surface area contributed by atoms with E-state index >= 15 is 0 Å². The highest BCUT2D eigenvalue weighted by atomic mass is 32.1. The fraction of sp³-hybridized carbons (Fsp3) is 0.500. The molecule has 2 aliphatic rings. The molecule has 6 heteroatoms. The zero-order valence-electron chi connectivity index (χ0n) is 13.7. The van der Waals surface area contributed by atoms with Gasteiger partial charge in [-0.25, -0.2) is 9.97 Å². The first kappa shape index (κ1) is 15.6. The van der Waals surface area contributed by atoms with Gasteiger partial charge in [-0.3, -0.25) is 4.79 Å². The molecule has 2 aliphatic heterocycles. The quantitative estimate of drug-likeness (QED) is 0.860. The summed E-state index contributed by atoms with van der Waals surface area (Å²) < 4.78 is 0. The van der Waals surface area contributed by atoms with Crippen LogP contribution in [0.15, 0.2) is 35.3 Å².